The minimum absolute atomic E-state index is 0.0791. The summed E-state index contributed by atoms with van der Waals surface area (Å²) < 4.78 is 0. The van der Waals surface area contributed by atoms with Crippen molar-refractivity contribution in [2.45, 2.75) is 26.4 Å². The molecular weight excluding hydrogens is 424 g/mol. The van der Waals surface area contributed by atoms with E-state index in [4.69, 9.17) is 0 Å². The zero-order chi connectivity index (χ0) is 22.4. The van der Waals surface area contributed by atoms with Crippen molar-refractivity contribution < 1.29 is 14.7 Å². The van der Waals surface area contributed by atoms with Crippen molar-refractivity contribution in [1.82, 2.24) is 19.9 Å². The maximum absolute atomic E-state index is 13.6. The molecule has 0 radical (unpaired) electrons. The molecular formula is C24H20N4O3S. The second-order valence-electron chi connectivity index (χ2n) is 7.73. The van der Waals surface area contributed by atoms with E-state index in [1.54, 1.807) is 31.6 Å². The smallest absolute Gasteiger partial charge is 0.290 e. The van der Waals surface area contributed by atoms with Gasteiger partial charge in [0.25, 0.3) is 5.91 Å². The number of aliphatic hydroxyl groups is 1. The number of hydrogen-bond acceptors (Lipinski definition) is 6. The molecule has 160 valence electrons. The Hall–Kier alpha value is -3.78. The molecule has 0 spiro atoms. The first-order valence-electron chi connectivity index (χ1n) is 10.1. The number of aromatic nitrogens is 3. The summed E-state index contributed by atoms with van der Waals surface area (Å²) >= 11 is 1.27. The molecule has 1 amide bonds. The highest BCUT2D eigenvalue weighted by Gasteiger charge is 2.45. The fourth-order valence-corrected chi connectivity index (χ4v) is 5.12. The highest BCUT2D eigenvalue weighted by Crippen LogP contribution is 2.43. The predicted octanol–water partition coefficient (Wildman–Crippen LogP) is 4.41. The molecule has 1 aromatic carbocycles. The third kappa shape index (κ3) is 3.20. The number of Topliss-reactive ketones (excluding diaryl/α,β-unsaturated/α-hetero) is 1. The fourth-order valence-electron chi connectivity index (χ4n) is 4.24. The number of H-pyrrole nitrogens is 1. The zero-order valence-electron chi connectivity index (χ0n) is 17.5. The number of aryl methyl sites for hydroxylation is 2. The van der Waals surface area contributed by atoms with E-state index < -0.39 is 17.7 Å². The first-order valence-corrected chi connectivity index (χ1v) is 10.9. The van der Waals surface area contributed by atoms with Gasteiger partial charge in [0.2, 0.25) is 5.78 Å². The quantitative estimate of drug-likeness (QED) is 0.444. The number of pyridine rings is 1. The van der Waals surface area contributed by atoms with E-state index in [9.17, 15) is 14.7 Å². The lowest BCUT2D eigenvalue weighted by Crippen LogP contribution is -2.30. The third-order valence-electron chi connectivity index (χ3n) is 5.65. The van der Waals surface area contributed by atoms with E-state index in [2.05, 4.69) is 15.0 Å². The van der Waals surface area contributed by atoms with Crippen molar-refractivity contribution in [2.75, 3.05) is 0 Å². The van der Waals surface area contributed by atoms with Crippen LogP contribution in [0.5, 0.6) is 0 Å². The third-order valence-corrected chi connectivity index (χ3v) is 6.72. The Morgan fingerprint density at radius 1 is 1.22 bits per heavy atom. The minimum atomic E-state index is -0.742. The van der Waals surface area contributed by atoms with Crippen LogP contribution < -0.4 is 0 Å². The van der Waals surface area contributed by atoms with Gasteiger partial charge in [-0.2, -0.15) is 0 Å². The van der Waals surface area contributed by atoms with Crippen molar-refractivity contribution in [3.8, 4) is 0 Å². The lowest BCUT2D eigenvalue weighted by atomic mass is 9.94. The van der Waals surface area contributed by atoms with Crippen LogP contribution in [0.1, 0.15) is 37.5 Å². The van der Waals surface area contributed by atoms with Crippen LogP contribution in [0.4, 0.5) is 0 Å². The van der Waals surface area contributed by atoms with Gasteiger partial charge in [0, 0.05) is 41.6 Å². The van der Waals surface area contributed by atoms with Crippen molar-refractivity contribution >= 4 is 33.9 Å². The number of fused-ring (bicyclic) bond motifs is 1. The Morgan fingerprint density at radius 3 is 2.75 bits per heavy atom. The van der Waals surface area contributed by atoms with E-state index in [0.717, 1.165) is 27.0 Å². The molecule has 0 bridgehead atoms. The molecule has 1 unspecified atom stereocenters. The van der Waals surface area contributed by atoms with E-state index >= 15 is 0 Å². The average Bonchev–Trinajstić information content (AvgIpc) is 3.44. The molecule has 5 rings (SSSR count). The monoisotopic (exact) mass is 444 g/mol. The van der Waals surface area contributed by atoms with Gasteiger partial charge in [-0.1, -0.05) is 24.3 Å². The van der Waals surface area contributed by atoms with E-state index in [0.29, 0.717) is 10.6 Å². The minimum Gasteiger partial charge on any atom is -0.503 e. The topological polar surface area (TPSA) is 99.2 Å². The number of carbonyl (C=O) groups excluding carboxylic acids is 2. The maximum atomic E-state index is 13.6. The summed E-state index contributed by atoms with van der Waals surface area (Å²) in [6, 6.07) is 10.6. The molecule has 4 heterocycles. The second kappa shape index (κ2) is 7.72. The van der Waals surface area contributed by atoms with Crippen LogP contribution in [0.15, 0.2) is 66.3 Å². The number of nitrogens with one attached hydrogen (secondary N) is 1. The lowest BCUT2D eigenvalue weighted by Gasteiger charge is -2.26. The Bertz CT molecular complexity index is 1390. The summed E-state index contributed by atoms with van der Waals surface area (Å²) in [6.07, 6.45) is 5.13. The number of amides is 1. The van der Waals surface area contributed by atoms with Gasteiger partial charge < -0.3 is 15.0 Å². The van der Waals surface area contributed by atoms with Crippen LogP contribution in [-0.4, -0.2) is 36.6 Å². The normalized spacial score (nSPS) is 16.4. The van der Waals surface area contributed by atoms with Gasteiger partial charge in [-0.15, -0.1) is 11.3 Å². The fraction of sp³-hybridized carbons (Fsp3) is 0.167. The van der Waals surface area contributed by atoms with E-state index in [-0.39, 0.29) is 17.9 Å². The molecule has 8 heteroatoms. The summed E-state index contributed by atoms with van der Waals surface area (Å²) in [4.78, 5) is 40.5. The zero-order valence-corrected chi connectivity index (χ0v) is 18.3. The van der Waals surface area contributed by atoms with Crippen molar-refractivity contribution in [1.29, 1.82) is 0 Å². The van der Waals surface area contributed by atoms with Crippen LogP contribution in [0.2, 0.25) is 0 Å². The molecule has 3 aromatic heterocycles. The molecule has 0 saturated heterocycles. The number of hydrogen-bond donors (Lipinski definition) is 2. The molecule has 1 atom stereocenters. The SMILES string of the molecule is Cc1nc(C)c(C(=O)C2=C(O)C(=O)N(Cc3cccnc3)C2c2c[nH]c3ccccc23)s1. The van der Waals surface area contributed by atoms with Crippen LogP contribution in [0.3, 0.4) is 0 Å². The highest BCUT2D eigenvalue weighted by molar-refractivity contribution is 7.14. The Kier molecular flexibility index (Phi) is 4.86. The van der Waals surface area contributed by atoms with Crippen LogP contribution in [0, 0.1) is 13.8 Å². The Morgan fingerprint density at radius 2 is 2.03 bits per heavy atom. The standard InChI is InChI=1S/C24H20N4O3S/c1-13-23(32-14(2)27-13)21(29)19-20(17-11-26-18-8-4-3-7-16(17)18)28(24(31)22(19)30)12-15-6-5-9-25-10-15/h3-11,20,26,30H,12H2,1-2H3. The summed E-state index contributed by atoms with van der Waals surface area (Å²) in [5, 5.41) is 12.5. The summed E-state index contributed by atoms with van der Waals surface area (Å²) in [5.74, 6) is -1.46. The number of aromatic amines is 1. The molecule has 0 aliphatic carbocycles. The van der Waals surface area contributed by atoms with Gasteiger partial charge in [-0.3, -0.25) is 14.6 Å². The maximum Gasteiger partial charge on any atom is 0.290 e. The number of aliphatic hydroxyl groups excluding tert-OH is 1. The first kappa shape index (κ1) is 20.1. The van der Waals surface area contributed by atoms with E-state index in [1.165, 1.54) is 16.2 Å². The largest absolute Gasteiger partial charge is 0.503 e. The van der Waals surface area contributed by atoms with Gasteiger partial charge >= 0.3 is 0 Å². The number of nitrogens with zero attached hydrogens (tertiary/aromatic N) is 3. The lowest BCUT2D eigenvalue weighted by molar-refractivity contribution is -0.130. The van der Waals surface area contributed by atoms with Crippen LogP contribution in [-0.2, 0) is 11.3 Å². The number of para-hydroxylation sites is 1. The summed E-state index contributed by atoms with van der Waals surface area (Å²) in [7, 11) is 0. The first-order chi connectivity index (χ1) is 15.5. The molecule has 32 heavy (non-hydrogen) atoms. The predicted molar refractivity (Wildman–Crippen MR) is 121 cm³/mol. The van der Waals surface area contributed by atoms with E-state index in [1.807, 2.05) is 37.3 Å². The Balaban J connectivity index is 1.67. The molecule has 4 aromatic rings. The molecule has 1 aliphatic rings. The van der Waals surface area contributed by atoms with Gasteiger partial charge in [0.05, 0.1) is 27.2 Å². The van der Waals surface area contributed by atoms with Gasteiger partial charge in [-0.25, -0.2) is 4.98 Å². The van der Waals surface area contributed by atoms with Crippen molar-refractivity contribution in [3.63, 3.8) is 0 Å². The van der Waals surface area contributed by atoms with Crippen molar-refractivity contribution in [2.24, 2.45) is 0 Å². The van der Waals surface area contributed by atoms with Crippen molar-refractivity contribution in [3.05, 3.63) is 93.0 Å². The number of benzene rings is 1. The molecule has 1 aliphatic heterocycles. The Labute approximate surface area is 188 Å². The summed E-state index contributed by atoms with van der Waals surface area (Å²) in [5.41, 5.74) is 3.12. The van der Waals surface area contributed by atoms with Gasteiger partial charge in [0.15, 0.2) is 5.76 Å². The molecule has 0 fully saturated rings. The molecule has 7 nitrogen and oxygen atoms in total. The van der Waals surface area contributed by atoms with Crippen LogP contribution >= 0.6 is 11.3 Å². The number of ketones is 1. The average molecular weight is 445 g/mol. The van der Waals surface area contributed by atoms with Gasteiger partial charge in [0.1, 0.15) is 0 Å². The molecule has 2 N–H and O–H groups in total. The van der Waals surface area contributed by atoms with Gasteiger partial charge in [-0.05, 0) is 31.5 Å². The van der Waals surface area contributed by atoms with Crippen LogP contribution in [0.25, 0.3) is 10.9 Å². The number of carbonyl (C=O) groups is 2. The summed E-state index contributed by atoms with van der Waals surface area (Å²) in [6.45, 7) is 3.80. The number of rotatable bonds is 5. The molecule has 0 saturated carbocycles. The second-order valence-corrected chi connectivity index (χ2v) is 8.93. The highest BCUT2D eigenvalue weighted by atomic mass is 32.1. The number of thiazole rings is 1.